The van der Waals surface area contributed by atoms with Gasteiger partial charge in [-0.05, 0) is 37.1 Å². The number of carbonyl (C=O) groups is 1. The monoisotopic (exact) mass is 302 g/mol. The average molecular weight is 303 g/mol. The molecule has 0 saturated heterocycles. The zero-order valence-corrected chi connectivity index (χ0v) is 11.8. The summed E-state index contributed by atoms with van der Waals surface area (Å²) < 4.78 is 25.8. The van der Waals surface area contributed by atoms with Crippen LogP contribution in [0.2, 0.25) is 5.02 Å². The van der Waals surface area contributed by atoms with Gasteiger partial charge in [0.15, 0.2) is 0 Å². The maximum Gasteiger partial charge on any atom is 0.332 e. The molecular weight excluding hydrogens is 288 g/mol. The van der Waals surface area contributed by atoms with Crippen LogP contribution in [0.4, 0.5) is 10.5 Å². The molecule has 104 valence electrons. The minimum absolute atomic E-state index is 0.455. The first-order chi connectivity index (χ1) is 8.97. The number of sulfonamides is 1. The molecule has 0 bridgehead atoms. The van der Waals surface area contributed by atoms with Crippen molar-refractivity contribution >= 4 is 33.3 Å². The number of hydrogen-bond acceptors (Lipinski definition) is 3. The van der Waals surface area contributed by atoms with Crippen molar-refractivity contribution in [2.24, 2.45) is 0 Å². The van der Waals surface area contributed by atoms with Crippen LogP contribution >= 0.6 is 11.6 Å². The van der Waals surface area contributed by atoms with Crippen molar-refractivity contribution in [3.63, 3.8) is 0 Å². The third kappa shape index (κ3) is 3.84. The molecule has 1 aromatic rings. The van der Waals surface area contributed by atoms with Gasteiger partial charge in [0.05, 0.1) is 5.25 Å². The summed E-state index contributed by atoms with van der Waals surface area (Å²) in [5, 5.41) is 2.55. The molecule has 0 atom stereocenters. The highest BCUT2D eigenvalue weighted by molar-refractivity contribution is 7.90. The Hall–Kier alpha value is -1.27. The second kappa shape index (κ2) is 5.79. The van der Waals surface area contributed by atoms with Crippen LogP contribution in [0.1, 0.15) is 25.7 Å². The van der Waals surface area contributed by atoms with E-state index in [1.165, 1.54) is 0 Å². The van der Waals surface area contributed by atoms with E-state index in [2.05, 4.69) is 10.0 Å². The quantitative estimate of drug-likeness (QED) is 0.901. The highest BCUT2D eigenvalue weighted by atomic mass is 35.5. The Bertz CT molecular complexity index is 551. The Morgan fingerprint density at radius 1 is 1.16 bits per heavy atom. The number of halogens is 1. The highest BCUT2D eigenvalue weighted by Gasteiger charge is 2.30. The largest absolute Gasteiger partial charge is 0.332 e. The van der Waals surface area contributed by atoms with Crippen LogP contribution in [0.15, 0.2) is 24.3 Å². The van der Waals surface area contributed by atoms with Gasteiger partial charge in [-0.15, -0.1) is 0 Å². The normalized spacial score (nSPS) is 16.3. The molecule has 0 aliphatic heterocycles. The van der Waals surface area contributed by atoms with E-state index in [1.54, 1.807) is 24.3 Å². The SMILES string of the molecule is O=C(Nc1ccc(Cl)cc1)NS(=O)(=O)C1CCCC1. The molecule has 0 heterocycles. The molecule has 2 rings (SSSR count). The molecule has 1 aliphatic carbocycles. The molecule has 19 heavy (non-hydrogen) atoms. The summed E-state index contributed by atoms with van der Waals surface area (Å²) in [5.74, 6) is 0. The number of amides is 2. The van der Waals surface area contributed by atoms with Gasteiger partial charge in [0.1, 0.15) is 0 Å². The van der Waals surface area contributed by atoms with Crippen LogP contribution in [0, 0.1) is 0 Å². The van der Waals surface area contributed by atoms with Crippen molar-refractivity contribution in [2.45, 2.75) is 30.9 Å². The van der Waals surface area contributed by atoms with E-state index in [9.17, 15) is 13.2 Å². The zero-order chi connectivity index (χ0) is 13.9. The van der Waals surface area contributed by atoms with Gasteiger partial charge < -0.3 is 5.32 Å². The summed E-state index contributed by atoms with van der Waals surface area (Å²) >= 11 is 5.72. The second-order valence-corrected chi connectivity index (χ2v) is 6.91. The van der Waals surface area contributed by atoms with Gasteiger partial charge in [-0.25, -0.2) is 17.9 Å². The van der Waals surface area contributed by atoms with Gasteiger partial charge in [-0.2, -0.15) is 0 Å². The predicted molar refractivity (Wildman–Crippen MR) is 74.8 cm³/mol. The second-order valence-electron chi connectivity index (χ2n) is 4.51. The van der Waals surface area contributed by atoms with E-state index >= 15 is 0 Å². The lowest BCUT2D eigenvalue weighted by atomic mass is 10.3. The smallest absolute Gasteiger partial charge is 0.307 e. The lowest BCUT2D eigenvalue weighted by Crippen LogP contribution is -2.39. The van der Waals surface area contributed by atoms with Gasteiger partial charge in [0.25, 0.3) is 0 Å². The maximum absolute atomic E-state index is 11.9. The van der Waals surface area contributed by atoms with Crippen LogP contribution in [0.5, 0.6) is 0 Å². The third-order valence-electron chi connectivity index (χ3n) is 3.08. The van der Waals surface area contributed by atoms with E-state index in [1.807, 2.05) is 0 Å². The molecule has 1 fully saturated rings. The van der Waals surface area contributed by atoms with Crippen molar-refractivity contribution in [1.82, 2.24) is 4.72 Å². The van der Waals surface area contributed by atoms with E-state index in [0.29, 0.717) is 23.6 Å². The molecule has 1 aliphatic rings. The number of urea groups is 1. The summed E-state index contributed by atoms with van der Waals surface area (Å²) in [4.78, 5) is 11.6. The average Bonchev–Trinajstić information content (AvgIpc) is 2.85. The Morgan fingerprint density at radius 3 is 2.32 bits per heavy atom. The Labute approximate surface area is 117 Å². The van der Waals surface area contributed by atoms with E-state index in [-0.39, 0.29) is 0 Å². The number of nitrogens with one attached hydrogen (secondary N) is 2. The number of rotatable bonds is 3. The van der Waals surface area contributed by atoms with E-state index < -0.39 is 21.3 Å². The van der Waals surface area contributed by atoms with Gasteiger partial charge >= 0.3 is 6.03 Å². The molecule has 5 nitrogen and oxygen atoms in total. The first-order valence-electron chi connectivity index (χ1n) is 6.05. The molecule has 0 unspecified atom stereocenters. The maximum atomic E-state index is 11.9. The summed E-state index contributed by atoms with van der Waals surface area (Å²) in [5.41, 5.74) is 0.489. The molecule has 0 radical (unpaired) electrons. The molecule has 2 N–H and O–H groups in total. The Balaban J connectivity index is 1.95. The number of hydrogen-bond donors (Lipinski definition) is 2. The van der Waals surface area contributed by atoms with Crippen molar-refractivity contribution in [3.05, 3.63) is 29.3 Å². The lowest BCUT2D eigenvalue weighted by Gasteiger charge is -2.13. The minimum Gasteiger partial charge on any atom is -0.307 e. The fourth-order valence-electron chi connectivity index (χ4n) is 2.10. The Morgan fingerprint density at radius 2 is 1.74 bits per heavy atom. The first kappa shape index (κ1) is 14.1. The zero-order valence-electron chi connectivity index (χ0n) is 10.2. The summed E-state index contributed by atoms with van der Waals surface area (Å²) in [7, 11) is -3.58. The van der Waals surface area contributed by atoms with Crippen molar-refractivity contribution < 1.29 is 13.2 Å². The number of benzene rings is 1. The summed E-state index contributed by atoms with van der Waals surface area (Å²) in [6, 6.07) is 5.69. The van der Waals surface area contributed by atoms with Crippen molar-refractivity contribution in [1.29, 1.82) is 0 Å². The van der Waals surface area contributed by atoms with Crippen LogP contribution < -0.4 is 10.0 Å². The topological polar surface area (TPSA) is 75.3 Å². The molecule has 1 aromatic carbocycles. The molecule has 0 aromatic heterocycles. The fourth-order valence-corrected chi connectivity index (χ4v) is 3.66. The highest BCUT2D eigenvalue weighted by Crippen LogP contribution is 2.24. The lowest BCUT2D eigenvalue weighted by molar-refractivity contribution is 0.256. The van der Waals surface area contributed by atoms with Gasteiger partial charge in [0, 0.05) is 10.7 Å². The fraction of sp³-hybridized carbons (Fsp3) is 0.417. The molecule has 2 amide bonds. The molecular formula is C12H15ClN2O3S. The van der Waals surface area contributed by atoms with Crippen LogP contribution in [-0.4, -0.2) is 19.7 Å². The van der Waals surface area contributed by atoms with Crippen LogP contribution in [-0.2, 0) is 10.0 Å². The summed E-state index contributed by atoms with van der Waals surface area (Å²) in [6.07, 6.45) is 3.02. The first-order valence-corrected chi connectivity index (χ1v) is 7.98. The Kier molecular flexibility index (Phi) is 4.31. The molecule has 0 spiro atoms. The van der Waals surface area contributed by atoms with E-state index in [4.69, 9.17) is 11.6 Å². The third-order valence-corrected chi connectivity index (χ3v) is 5.15. The van der Waals surface area contributed by atoms with E-state index in [0.717, 1.165) is 12.8 Å². The van der Waals surface area contributed by atoms with Crippen molar-refractivity contribution in [2.75, 3.05) is 5.32 Å². The predicted octanol–water partition coefficient (Wildman–Crippen LogP) is 2.73. The van der Waals surface area contributed by atoms with Crippen LogP contribution in [0.25, 0.3) is 0 Å². The van der Waals surface area contributed by atoms with Crippen LogP contribution in [0.3, 0.4) is 0 Å². The van der Waals surface area contributed by atoms with Gasteiger partial charge in [0.2, 0.25) is 10.0 Å². The minimum atomic E-state index is -3.58. The van der Waals surface area contributed by atoms with Crippen molar-refractivity contribution in [3.8, 4) is 0 Å². The number of anilines is 1. The van der Waals surface area contributed by atoms with Gasteiger partial charge in [-0.3, -0.25) is 0 Å². The number of carbonyl (C=O) groups excluding carboxylic acids is 1. The molecule has 1 saturated carbocycles. The van der Waals surface area contributed by atoms with Gasteiger partial charge in [-0.1, -0.05) is 24.4 Å². The standard InChI is InChI=1S/C12H15ClN2O3S/c13-9-5-7-10(8-6-9)14-12(16)15-19(17,18)11-3-1-2-4-11/h5-8,11H,1-4H2,(H2,14,15,16). The molecule has 7 heteroatoms. The summed E-state index contributed by atoms with van der Waals surface area (Å²) in [6.45, 7) is 0.